The zero-order chi connectivity index (χ0) is 13.1. The highest BCUT2D eigenvalue weighted by Crippen LogP contribution is 2.23. The summed E-state index contributed by atoms with van der Waals surface area (Å²) in [6, 6.07) is 7.38. The van der Waals surface area contributed by atoms with Gasteiger partial charge in [-0.05, 0) is 17.0 Å². The third-order valence-electron chi connectivity index (χ3n) is 2.58. The van der Waals surface area contributed by atoms with Crippen molar-refractivity contribution in [1.29, 1.82) is 0 Å². The van der Waals surface area contributed by atoms with Crippen molar-refractivity contribution in [2.24, 2.45) is 0 Å². The topological polar surface area (TPSA) is 43.4 Å². The van der Waals surface area contributed by atoms with E-state index >= 15 is 0 Å². The van der Waals surface area contributed by atoms with E-state index in [1.54, 1.807) is 6.07 Å². The van der Waals surface area contributed by atoms with Crippen molar-refractivity contribution in [3.05, 3.63) is 35.4 Å². The van der Waals surface area contributed by atoms with Gasteiger partial charge in [0.1, 0.15) is 6.42 Å². The SMILES string of the molecule is COC(=O)CC(=O)c1cccc(C(C)(C)C)c1. The maximum Gasteiger partial charge on any atom is 0.313 e. The molecule has 17 heavy (non-hydrogen) atoms. The summed E-state index contributed by atoms with van der Waals surface area (Å²) in [5, 5.41) is 0. The molecule has 0 aliphatic heterocycles. The molecule has 0 aliphatic carbocycles. The van der Waals surface area contributed by atoms with Gasteiger partial charge in [0.25, 0.3) is 0 Å². The lowest BCUT2D eigenvalue weighted by Gasteiger charge is -2.19. The summed E-state index contributed by atoms with van der Waals surface area (Å²) in [5.74, 6) is -0.709. The zero-order valence-electron chi connectivity index (χ0n) is 10.7. The summed E-state index contributed by atoms with van der Waals surface area (Å²) in [7, 11) is 1.28. The number of methoxy groups -OCH3 is 1. The summed E-state index contributed by atoms with van der Waals surface area (Å²) in [6.07, 6.45) is -0.204. The second kappa shape index (κ2) is 5.13. The normalized spacial score (nSPS) is 11.1. The van der Waals surface area contributed by atoms with Crippen molar-refractivity contribution in [3.63, 3.8) is 0 Å². The third-order valence-corrected chi connectivity index (χ3v) is 2.58. The number of benzene rings is 1. The smallest absolute Gasteiger partial charge is 0.313 e. The zero-order valence-corrected chi connectivity index (χ0v) is 10.7. The Kier molecular flexibility index (Phi) is 4.05. The first-order valence-corrected chi connectivity index (χ1v) is 5.55. The number of hydrogen-bond donors (Lipinski definition) is 0. The minimum Gasteiger partial charge on any atom is -0.469 e. The molecule has 3 heteroatoms. The number of ketones is 1. The van der Waals surface area contributed by atoms with E-state index in [0.717, 1.165) is 5.56 Å². The first kappa shape index (κ1) is 13.4. The van der Waals surface area contributed by atoms with Crippen LogP contribution < -0.4 is 0 Å². The number of hydrogen-bond acceptors (Lipinski definition) is 3. The molecule has 3 nitrogen and oxygen atoms in total. The number of ether oxygens (including phenoxy) is 1. The molecule has 0 aliphatic rings. The van der Waals surface area contributed by atoms with E-state index in [1.165, 1.54) is 7.11 Å². The number of Topliss-reactive ketones (excluding diaryl/α,β-unsaturated/α-hetero) is 1. The standard InChI is InChI=1S/C14H18O3/c1-14(2,3)11-7-5-6-10(8-11)12(15)9-13(16)17-4/h5-8H,9H2,1-4H3. The molecule has 0 spiro atoms. The number of carbonyl (C=O) groups is 2. The summed E-state index contributed by atoms with van der Waals surface area (Å²) >= 11 is 0. The summed E-state index contributed by atoms with van der Waals surface area (Å²) in [4.78, 5) is 22.8. The van der Waals surface area contributed by atoms with Crippen LogP contribution in [-0.2, 0) is 14.9 Å². The van der Waals surface area contributed by atoms with Gasteiger partial charge in [0, 0.05) is 5.56 Å². The Hall–Kier alpha value is -1.64. The largest absolute Gasteiger partial charge is 0.469 e. The van der Waals surface area contributed by atoms with Crippen LogP contribution in [0, 0.1) is 0 Å². The minimum absolute atomic E-state index is 0.0123. The number of rotatable bonds is 3. The Morgan fingerprint density at radius 2 is 1.88 bits per heavy atom. The van der Waals surface area contributed by atoms with Crippen LogP contribution >= 0.6 is 0 Å². The number of esters is 1. The van der Waals surface area contributed by atoms with Gasteiger partial charge in [-0.25, -0.2) is 0 Å². The Morgan fingerprint density at radius 1 is 1.24 bits per heavy atom. The second-order valence-electron chi connectivity index (χ2n) is 5.01. The molecule has 0 atom stereocenters. The van der Waals surface area contributed by atoms with Crippen LogP contribution in [0.25, 0.3) is 0 Å². The third kappa shape index (κ3) is 3.70. The quantitative estimate of drug-likeness (QED) is 0.459. The Bertz CT molecular complexity index is 427. The van der Waals surface area contributed by atoms with Crippen LogP contribution in [0.5, 0.6) is 0 Å². The molecule has 92 valence electrons. The van der Waals surface area contributed by atoms with Gasteiger partial charge in [0.2, 0.25) is 0 Å². The average molecular weight is 234 g/mol. The molecular weight excluding hydrogens is 216 g/mol. The highest BCUT2D eigenvalue weighted by Gasteiger charge is 2.17. The van der Waals surface area contributed by atoms with Gasteiger partial charge in [-0.2, -0.15) is 0 Å². The molecule has 1 rings (SSSR count). The van der Waals surface area contributed by atoms with Crippen LogP contribution in [0.2, 0.25) is 0 Å². The van der Waals surface area contributed by atoms with Crippen molar-refractivity contribution in [2.45, 2.75) is 32.6 Å². The van der Waals surface area contributed by atoms with Gasteiger partial charge in [-0.15, -0.1) is 0 Å². The van der Waals surface area contributed by atoms with Gasteiger partial charge in [0.15, 0.2) is 5.78 Å². The van der Waals surface area contributed by atoms with Crippen molar-refractivity contribution in [3.8, 4) is 0 Å². The molecule has 0 radical (unpaired) electrons. The van der Waals surface area contributed by atoms with E-state index < -0.39 is 5.97 Å². The average Bonchev–Trinajstić information content (AvgIpc) is 2.28. The van der Waals surface area contributed by atoms with E-state index in [2.05, 4.69) is 25.5 Å². The molecule has 1 aromatic rings. The fourth-order valence-corrected chi connectivity index (χ4v) is 1.46. The van der Waals surface area contributed by atoms with Crippen molar-refractivity contribution < 1.29 is 14.3 Å². The Balaban J connectivity index is 2.92. The van der Waals surface area contributed by atoms with E-state index in [4.69, 9.17) is 0 Å². The molecule has 1 aromatic carbocycles. The van der Waals surface area contributed by atoms with Crippen LogP contribution in [0.1, 0.15) is 43.1 Å². The van der Waals surface area contributed by atoms with E-state index in [9.17, 15) is 9.59 Å². The fourth-order valence-electron chi connectivity index (χ4n) is 1.46. The molecule has 0 saturated carbocycles. The molecule has 0 amide bonds. The molecule has 0 N–H and O–H groups in total. The molecule has 0 heterocycles. The molecule has 0 bridgehead atoms. The van der Waals surface area contributed by atoms with Crippen molar-refractivity contribution in [1.82, 2.24) is 0 Å². The lowest BCUT2D eigenvalue weighted by molar-refractivity contribution is -0.139. The molecule has 0 saturated heterocycles. The monoisotopic (exact) mass is 234 g/mol. The predicted octanol–water partition coefficient (Wildman–Crippen LogP) is 2.73. The van der Waals surface area contributed by atoms with Crippen LogP contribution in [0.3, 0.4) is 0 Å². The van der Waals surface area contributed by atoms with Gasteiger partial charge in [-0.1, -0.05) is 39.0 Å². The molecular formula is C14H18O3. The highest BCUT2D eigenvalue weighted by molar-refractivity contribution is 6.06. The molecule has 0 unspecified atom stereocenters. The van der Waals surface area contributed by atoms with Crippen LogP contribution in [-0.4, -0.2) is 18.9 Å². The summed E-state index contributed by atoms with van der Waals surface area (Å²) in [6.45, 7) is 6.24. The second-order valence-corrected chi connectivity index (χ2v) is 5.01. The lowest BCUT2D eigenvalue weighted by Crippen LogP contribution is -2.14. The van der Waals surface area contributed by atoms with E-state index in [1.807, 2.05) is 18.2 Å². The van der Waals surface area contributed by atoms with E-state index in [0.29, 0.717) is 5.56 Å². The van der Waals surface area contributed by atoms with Crippen LogP contribution in [0.4, 0.5) is 0 Å². The predicted molar refractivity (Wildman–Crippen MR) is 66.1 cm³/mol. The molecule has 0 fully saturated rings. The van der Waals surface area contributed by atoms with Gasteiger partial charge < -0.3 is 4.74 Å². The van der Waals surface area contributed by atoms with Gasteiger partial charge in [-0.3, -0.25) is 9.59 Å². The summed E-state index contributed by atoms with van der Waals surface area (Å²) < 4.78 is 4.48. The number of carbonyl (C=O) groups excluding carboxylic acids is 2. The van der Waals surface area contributed by atoms with Crippen molar-refractivity contribution >= 4 is 11.8 Å². The fraction of sp³-hybridized carbons (Fsp3) is 0.429. The lowest BCUT2D eigenvalue weighted by atomic mass is 9.85. The molecule has 0 aromatic heterocycles. The van der Waals surface area contributed by atoms with Crippen molar-refractivity contribution in [2.75, 3.05) is 7.11 Å². The maximum absolute atomic E-state index is 11.8. The van der Waals surface area contributed by atoms with Gasteiger partial charge >= 0.3 is 5.97 Å². The van der Waals surface area contributed by atoms with E-state index in [-0.39, 0.29) is 17.6 Å². The Labute approximate surface area is 102 Å². The highest BCUT2D eigenvalue weighted by atomic mass is 16.5. The Morgan fingerprint density at radius 3 is 2.41 bits per heavy atom. The first-order valence-electron chi connectivity index (χ1n) is 5.55. The summed E-state index contributed by atoms with van der Waals surface area (Å²) in [5.41, 5.74) is 1.62. The maximum atomic E-state index is 11.8. The van der Waals surface area contributed by atoms with Crippen LogP contribution in [0.15, 0.2) is 24.3 Å². The first-order chi connectivity index (χ1) is 7.84. The minimum atomic E-state index is -0.504. The van der Waals surface area contributed by atoms with Gasteiger partial charge in [0.05, 0.1) is 7.11 Å².